The lowest BCUT2D eigenvalue weighted by atomic mass is 9.69. The van der Waals surface area contributed by atoms with Gasteiger partial charge in [-0.3, -0.25) is 0 Å². The van der Waals surface area contributed by atoms with Crippen LogP contribution in [-0.2, 0) is 16.6 Å². The first kappa shape index (κ1) is 20.9. The summed E-state index contributed by atoms with van der Waals surface area (Å²) in [6, 6.07) is 9.91. The number of anilines is 1. The van der Waals surface area contributed by atoms with Crippen LogP contribution in [0.2, 0.25) is 0 Å². The summed E-state index contributed by atoms with van der Waals surface area (Å²) in [5.41, 5.74) is 5.22. The number of rotatable bonds is 4. The summed E-state index contributed by atoms with van der Waals surface area (Å²) >= 11 is 0. The van der Waals surface area contributed by atoms with Crippen LogP contribution in [0.3, 0.4) is 0 Å². The van der Waals surface area contributed by atoms with Crippen molar-refractivity contribution in [2.45, 2.75) is 56.7 Å². The summed E-state index contributed by atoms with van der Waals surface area (Å²) in [6.07, 6.45) is 9.07. The molecule has 1 aliphatic heterocycles. The van der Waals surface area contributed by atoms with Crippen molar-refractivity contribution < 1.29 is 19.0 Å². The Balaban J connectivity index is 1.40. The number of carbonyl (C=O) groups excluding carboxylic acids is 1. The van der Waals surface area contributed by atoms with E-state index in [4.69, 9.17) is 14.2 Å². The largest absolute Gasteiger partial charge is 0.493 e. The number of methoxy groups -OCH3 is 1. The minimum atomic E-state index is -0.307. The summed E-state index contributed by atoms with van der Waals surface area (Å²) < 4.78 is 18.0. The number of aryl methyl sites for hydroxylation is 2. The lowest BCUT2D eigenvalue weighted by Crippen LogP contribution is -2.42. The average molecular weight is 434 g/mol. The van der Waals surface area contributed by atoms with Crippen molar-refractivity contribution in [1.82, 2.24) is 0 Å². The summed E-state index contributed by atoms with van der Waals surface area (Å²) in [5.74, 6) is 1.37. The number of hydrogen-bond acceptors (Lipinski definition) is 5. The topological polar surface area (TPSA) is 48.0 Å². The second kappa shape index (κ2) is 7.88. The van der Waals surface area contributed by atoms with Crippen LogP contribution in [0.25, 0.3) is 0 Å². The van der Waals surface area contributed by atoms with E-state index < -0.39 is 0 Å². The zero-order valence-corrected chi connectivity index (χ0v) is 19.3. The van der Waals surface area contributed by atoms with Crippen LogP contribution in [-0.4, -0.2) is 39.4 Å². The van der Waals surface area contributed by atoms with Gasteiger partial charge in [-0.25, -0.2) is 4.79 Å². The average Bonchev–Trinajstić information content (AvgIpc) is 2.99. The second-order valence-electron chi connectivity index (χ2n) is 9.42. The molecule has 0 bridgehead atoms. The normalized spacial score (nSPS) is 25.2. The summed E-state index contributed by atoms with van der Waals surface area (Å²) in [5, 5.41) is 0. The molecule has 5 nitrogen and oxygen atoms in total. The molecule has 3 aliphatic rings. The third-order valence-electron chi connectivity index (χ3n) is 7.24. The molecule has 1 unspecified atom stereocenters. The van der Waals surface area contributed by atoms with Gasteiger partial charge in [0.15, 0.2) is 11.5 Å². The van der Waals surface area contributed by atoms with Crippen molar-refractivity contribution in [3.8, 4) is 11.5 Å². The highest BCUT2D eigenvalue weighted by Gasteiger charge is 2.52. The Morgan fingerprint density at radius 1 is 1.19 bits per heavy atom. The van der Waals surface area contributed by atoms with Gasteiger partial charge in [0.05, 0.1) is 18.1 Å². The molecule has 0 N–H and O–H groups in total. The fraction of sp³-hybridized carbons (Fsp3) is 0.444. The molecule has 3 atom stereocenters. The zero-order valence-electron chi connectivity index (χ0n) is 19.3. The molecule has 0 saturated heterocycles. The Morgan fingerprint density at radius 3 is 2.78 bits per heavy atom. The molecule has 0 aromatic heterocycles. The monoisotopic (exact) mass is 433 g/mol. The quantitative estimate of drug-likeness (QED) is 0.503. The maximum atomic E-state index is 12.9. The van der Waals surface area contributed by atoms with E-state index in [0.717, 1.165) is 42.0 Å². The first-order chi connectivity index (χ1) is 15.4. The molecule has 0 fully saturated rings. The first-order valence-electron chi connectivity index (χ1n) is 11.5. The fourth-order valence-electron chi connectivity index (χ4n) is 5.71. The van der Waals surface area contributed by atoms with Gasteiger partial charge in [0.1, 0.15) is 12.2 Å². The maximum Gasteiger partial charge on any atom is 0.338 e. The standard InChI is InChI=1S/C27H31NO4/c1-17-15-19(8-10-21(17)28(2)3)26(29)31-20-12-14-27-13-6-5-7-18-9-11-22(30-4)25(24(18)27)32-23(27)16-20/h8-12,14-15,20,23H,5-7,13,16H2,1-4H3/t20-,23?,27+/m0/s1. The third-order valence-corrected chi connectivity index (χ3v) is 7.24. The number of carbonyl (C=O) groups is 1. The highest BCUT2D eigenvalue weighted by Crippen LogP contribution is 2.56. The van der Waals surface area contributed by atoms with E-state index >= 15 is 0 Å². The lowest BCUT2D eigenvalue weighted by molar-refractivity contribution is 0.0220. The summed E-state index contributed by atoms with van der Waals surface area (Å²) in [4.78, 5) is 14.9. The van der Waals surface area contributed by atoms with E-state index in [1.54, 1.807) is 7.11 Å². The van der Waals surface area contributed by atoms with Gasteiger partial charge in [0.2, 0.25) is 0 Å². The van der Waals surface area contributed by atoms with Crippen molar-refractivity contribution in [1.29, 1.82) is 0 Å². The van der Waals surface area contributed by atoms with Crippen molar-refractivity contribution >= 4 is 11.7 Å². The Labute approximate surface area is 190 Å². The molecule has 168 valence electrons. The van der Waals surface area contributed by atoms with Crippen LogP contribution in [0.4, 0.5) is 5.69 Å². The van der Waals surface area contributed by atoms with E-state index in [1.807, 2.05) is 50.2 Å². The predicted molar refractivity (Wildman–Crippen MR) is 125 cm³/mol. The van der Waals surface area contributed by atoms with Crippen molar-refractivity contribution in [3.63, 3.8) is 0 Å². The van der Waals surface area contributed by atoms with Gasteiger partial charge in [-0.2, -0.15) is 0 Å². The Hall–Kier alpha value is -2.95. The predicted octanol–water partition coefficient (Wildman–Crippen LogP) is 4.98. The Morgan fingerprint density at radius 2 is 2.03 bits per heavy atom. The van der Waals surface area contributed by atoms with E-state index in [0.29, 0.717) is 12.0 Å². The molecule has 0 saturated carbocycles. The van der Waals surface area contributed by atoms with Crippen LogP contribution < -0.4 is 14.4 Å². The van der Waals surface area contributed by atoms with Gasteiger partial charge in [-0.15, -0.1) is 0 Å². The van der Waals surface area contributed by atoms with Crippen LogP contribution in [0.15, 0.2) is 42.5 Å². The summed E-state index contributed by atoms with van der Waals surface area (Å²) in [6.45, 7) is 2.01. The Kier molecular flexibility index (Phi) is 5.15. The highest BCUT2D eigenvalue weighted by atomic mass is 16.6. The molecule has 32 heavy (non-hydrogen) atoms. The molecule has 1 spiro atoms. The van der Waals surface area contributed by atoms with E-state index in [-0.39, 0.29) is 23.6 Å². The molecule has 5 rings (SSSR count). The lowest BCUT2D eigenvalue weighted by Gasteiger charge is -2.36. The molecule has 2 aliphatic carbocycles. The van der Waals surface area contributed by atoms with Crippen LogP contribution in [0.5, 0.6) is 11.5 Å². The molecular weight excluding hydrogens is 402 g/mol. The van der Waals surface area contributed by atoms with Gasteiger partial charge < -0.3 is 19.1 Å². The second-order valence-corrected chi connectivity index (χ2v) is 9.42. The van der Waals surface area contributed by atoms with Gasteiger partial charge in [-0.05, 0) is 67.7 Å². The van der Waals surface area contributed by atoms with E-state index in [1.165, 1.54) is 17.5 Å². The SMILES string of the molecule is COc1ccc2c3c1OC1C[C@@H](OC(=O)c4ccc(N(C)C)c(C)c4)C=C[C@@]31CCCC2. The molecule has 0 radical (unpaired) electrons. The molecule has 2 aromatic rings. The first-order valence-corrected chi connectivity index (χ1v) is 11.5. The molecular formula is C27H31NO4. The molecule has 5 heteroatoms. The molecule has 0 amide bonds. The van der Waals surface area contributed by atoms with Gasteiger partial charge in [0.25, 0.3) is 0 Å². The number of benzene rings is 2. The Bertz CT molecular complexity index is 1090. The molecule has 2 aromatic carbocycles. The van der Waals surface area contributed by atoms with Crippen molar-refractivity contribution in [2.24, 2.45) is 0 Å². The number of hydrogen-bond donors (Lipinski definition) is 0. The van der Waals surface area contributed by atoms with E-state index in [2.05, 4.69) is 18.2 Å². The van der Waals surface area contributed by atoms with E-state index in [9.17, 15) is 4.79 Å². The number of esters is 1. The van der Waals surface area contributed by atoms with Crippen LogP contribution >= 0.6 is 0 Å². The van der Waals surface area contributed by atoms with Gasteiger partial charge in [0, 0.05) is 31.8 Å². The maximum absolute atomic E-state index is 12.9. The minimum Gasteiger partial charge on any atom is -0.493 e. The fourth-order valence-corrected chi connectivity index (χ4v) is 5.71. The van der Waals surface area contributed by atoms with Crippen LogP contribution in [0, 0.1) is 6.92 Å². The smallest absolute Gasteiger partial charge is 0.338 e. The van der Waals surface area contributed by atoms with Gasteiger partial charge in [-0.1, -0.05) is 18.6 Å². The zero-order chi connectivity index (χ0) is 22.5. The van der Waals surface area contributed by atoms with Crippen LogP contribution in [0.1, 0.15) is 52.7 Å². The summed E-state index contributed by atoms with van der Waals surface area (Å²) in [7, 11) is 5.68. The number of ether oxygens (including phenoxy) is 3. The molecule has 1 heterocycles. The highest BCUT2D eigenvalue weighted by molar-refractivity contribution is 5.90. The van der Waals surface area contributed by atoms with Crippen molar-refractivity contribution in [2.75, 3.05) is 26.1 Å². The van der Waals surface area contributed by atoms with Gasteiger partial charge >= 0.3 is 5.97 Å². The minimum absolute atomic E-state index is 0.0497. The van der Waals surface area contributed by atoms with Crippen molar-refractivity contribution in [3.05, 3.63) is 64.7 Å². The number of nitrogens with zero attached hydrogens (tertiary/aromatic N) is 1. The third kappa shape index (κ3) is 3.26.